The van der Waals surface area contributed by atoms with E-state index in [1.54, 1.807) is 31.2 Å². The number of halogens is 3. The molecular weight excluding hydrogens is 282 g/mol. The Balaban J connectivity index is 0.000000246. The molecule has 1 N–H and O–H groups in total. The van der Waals surface area contributed by atoms with Crippen molar-refractivity contribution in [2.75, 3.05) is 17.6 Å². The van der Waals surface area contributed by atoms with E-state index in [2.05, 4.69) is 15.0 Å². The highest BCUT2D eigenvalue weighted by molar-refractivity contribution is 6.25. The van der Waals surface area contributed by atoms with Gasteiger partial charge < -0.3 is 9.55 Å². The zero-order chi connectivity index (χ0) is 12.8. The van der Waals surface area contributed by atoms with E-state index in [9.17, 15) is 0 Å². The predicted octanol–water partition coefficient (Wildman–Crippen LogP) is 3.00. The number of aromatic amines is 1. The highest BCUT2D eigenvalue weighted by Gasteiger charge is 1.83. The quantitative estimate of drug-likeness (QED) is 0.885. The van der Waals surface area contributed by atoms with Crippen LogP contribution in [0.5, 0.6) is 0 Å². The normalized spacial score (nSPS) is 8.65. The van der Waals surface area contributed by atoms with Crippen molar-refractivity contribution in [3.05, 3.63) is 37.4 Å². The minimum atomic E-state index is 0.557. The van der Waals surface area contributed by atoms with Crippen molar-refractivity contribution in [2.45, 2.75) is 6.54 Å². The molecule has 0 radical (unpaired) electrons. The summed E-state index contributed by atoms with van der Waals surface area (Å²) in [5.74, 6) is 1.76. The van der Waals surface area contributed by atoms with E-state index in [4.69, 9.17) is 34.8 Å². The van der Waals surface area contributed by atoms with Gasteiger partial charge in [-0.25, -0.2) is 9.97 Å². The van der Waals surface area contributed by atoms with Crippen molar-refractivity contribution < 1.29 is 0 Å². The van der Waals surface area contributed by atoms with Gasteiger partial charge in [0.05, 0.1) is 12.7 Å². The van der Waals surface area contributed by atoms with Crippen LogP contribution in [0.3, 0.4) is 0 Å². The first-order valence-corrected chi connectivity index (χ1v) is 6.51. The van der Waals surface area contributed by atoms with Gasteiger partial charge in [0.25, 0.3) is 0 Å². The van der Waals surface area contributed by atoms with Gasteiger partial charge in [0.1, 0.15) is 0 Å². The number of rotatable bonds is 3. The molecule has 96 valence electrons. The maximum Gasteiger partial charge on any atom is 0.0946 e. The number of aromatic nitrogens is 4. The molecule has 0 fully saturated rings. The van der Waals surface area contributed by atoms with Gasteiger partial charge in [-0.3, -0.25) is 0 Å². The Labute approximate surface area is 116 Å². The van der Waals surface area contributed by atoms with Crippen molar-refractivity contribution in [3.8, 4) is 0 Å². The summed E-state index contributed by atoms with van der Waals surface area (Å²) in [5.41, 5.74) is 0. The molecule has 0 atom stereocenters. The SMILES string of the molecule is ClCCCl.ClCCn1ccnc1.c1c[nH]cn1. The van der Waals surface area contributed by atoms with Crippen LogP contribution in [0, 0.1) is 0 Å². The maximum atomic E-state index is 5.44. The first kappa shape index (κ1) is 16.3. The standard InChI is InChI=1S/C5H7ClN2.C3H4N2.C2H4Cl2/c6-1-3-8-4-2-7-5-8;1-2-5-3-4-1;3-1-2-4/h2,4-5H,1,3H2;1-3H,(H,4,5);1-2H2. The summed E-state index contributed by atoms with van der Waals surface area (Å²) >= 11 is 15.6. The minimum absolute atomic E-state index is 0.557. The zero-order valence-corrected chi connectivity index (χ0v) is 11.5. The average molecular weight is 298 g/mol. The van der Waals surface area contributed by atoms with Crippen molar-refractivity contribution >= 4 is 34.8 Å². The van der Waals surface area contributed by atoms with Gasteiger partial charge in [0, 0.05) is 49.0 Å². The molecule has 0 bridgehead atoms. The number of nitrogens with zero attached hydrogens (tertiary/aromatic N) is 3. The van der Waals surface area contributed by atoms with Crippen LogP contribution < -0.4 is 0 Å². The van der Waals surface area contributed by atoms with Crippen LogP contribution in [0.2, 0.25) is 0 Å². The fourth-order valence-corrected chi connectivity index (χ4v) is 0.927. The fraction of sp³-hybridized carbons (Fsp3) is 0.400. The topological polar surface area (TPSA) is 46.5 Å². The third-order valence-electron chi connectivity index (χ3n) is 1.38. The molecule has 17 heavy (non-hydrogen) atoms. The number of hydrogen-bond donors (Lipinski definition) is 1. The molecule has 0 saturated heterocycles. The highest BCUT2D eigenvalue weighted by atomic mass is 35.5. The van der Waals surface area contributed by atoms with E-state index in [0.29, 0.717) is 17.6 Å². The molecule has 0 aliphatic carbocycles. The molecule has 4 nitrogen and oxygen atoms in total. The van der Waals surface area contributed by atoms with Crippen molar-refractivity contribution in [1.29, 1.82) is 0 Å². The Bertz CT molecular complexity index is 291. The summed E-state index contributed by atoms with van der Waals surface area (Å²) < 4.78 is 1.94. The molecule has 0 unspecified atom stereocenters. The first-order valence-electron chi connectivity index (χ1n) is 4.91. The van der Waals surface area contributed by atoms with Crippen LogP contribution in [0.4, 0.5) is 0 Å². The van der Waals surface area contributed by atoms with Gasteiger partial charge in [-0.1, -0.05) is 0 Å². The fourth-order valence-electron chi connectivity index (χ4n) is 0.732. The van der Waals surface area contributed by atoms with Crippen LogP contribution >= 0.6 is 34.8 Å². The zero-order valence-electron chi connectivity index (χ0n) is 9.27. The summed E-state index contributed by atoms with van der Waals surface area (Å²) in [4.78, 5) is 10.3. The summed E-state index contributed by atoms with van der Waals surface area (Å²) in [6.45, 7) is 0.849. The number of hydrogen-bond acceptors (Lipinski definition) is 2. The molecule has 7 heteroatoms. The predicted molar refractivity (Wildman–Crippen MR) is 73.0 cm³/mol. The lowest BCUT2D eigenvalue weighted by Gasteiger charge is -1.92. The molecule has 2 aromatic heterocycles. The van der Waals surface area contributed by atoms with Crippen molar-refractivity contribution in [2.24, 2.45) is 0 Å². The van der Waals surface area contributed by atoms with E-state index >= 15 is 0 Å². The van der Waals surface area contributed by atoms with Gasteiger partial charge >= 0.3 is 0 Å². The van der Waals surface area contributed by atoms with Crippen LogP contribution in [0.15, 0.2) is 37.4 Å². The Hall–Kier alpha value is -0.710. The van der Waals surface area contributed by atoms with Crippen LogP contribution in [-0.2, 0) is 6.54 Å². The molecule has 2 rings (SSSR count). The van der Waals surface area contributed by atoms with Gasteiger partial charge in [-0.2, -0.15) is 0 Å². The summed E-state index contributed by atoms with van der Waals surface area (Å²) in [7, 11) is 0. The highest BCUT2D eigenvalue weighted by Crippen LogP contribution is 1.86. The van der Waals surface area contributed by atoms with Crippen LogP contribution in [-0.4, -0.2) is 37.2 Å². The van der Waals surface area contributed by atoms with Gasteiger partial charge in [0.2, 0.25) is 0 Å². The summed E-state index contributed by atoms with van der Waals surface area (Å²) in [6.07, 6.45) is 10.5. The number of alkyl halides is 3. The number of aryl methyl sites for hydroxylation is 1. The average Bonchev–Trinajstić information content (AvgIpc) is 3.05. The summed E-state index contributed by atoms with van der Waals surface area (Å²) in [6, 6.07) is 0. The third-order valence-corrected chi connectivity index (χ3v) is 2.12. The summed E-state index contributed by atoms with van der Waals surface area (Å²) in [5, 5.41) is 0. The monoisotopic (exact) mass is 296 g/mol. The second-order valence-electron chi connectivity index (χ2n) is 2.63. The Morgan fingerprint density at radius 1 is 1.00 bits per heavy atom. The lowest BCUT2D eigenvalue weighted by Crippen LogP contribution is -1.93. The van der Waals surface area contributed by atoms with E-state index in [1.807, 2.05) is 10.8 Å². The molecule has 0 aromatic carbocycles. The van der Waals surface area contributed by atoms with Gasteiger partial charge in [-0.05, 0) is 0 Å². The molecule has 2 heterocycles. The lowest BCUT2D eigenvalue weighted by molar-refractivity contribution is 0.767. The van der Waals surface area contributed by atoms with E-state index < -0.39 is 0 Å². The number of nitrogens with one attached hydrogen (secondary N) is 1. The Kier molecular flexibility index (Phi) is 12.8. The molecule has 0 aliphatic heterocycles. The Morgan fingerprint density at radius 2 is 1.76 bits per heavy atom. The van der Waals surface area contributed by atoms with Crippen LogP contribution in [0.25, 0.3) is 0 Å². The van der Waals surface area contributed by atoms with Crippen molar-refractivity contribution in [3.63, 3.8) is 0 Å². The van der Waals surface area contributed by atoms with E-state index in [0.717, 1.165) is 6.54 Å². The molecule has 0 saturated carbocycles. The maximum absolute atomic E-state index is 5.44. The molecule has 0 amide bonds. The van der Waals surface area contributed by atoms with Crippen LogP contribution in [0.1, 0.15) is 0 Å². The molecular formula is C10H15Cl3N4. The minimum Gasteiger partial charge on any atom is -0.351 e. The smallest absolute Gasteiger partial charge is 0.0946 e. The first-order chi connectivity index (χ1) is 8.35. The van der Waals surface area contributed by atoms with Gasteiger partial charge in [-0.15, -0.1) is 34.8 Å². The van der Waals surface area contributed by atoms with E-state index in [-0.39, 0.29) is 0 Å². The Morgan fingerprint density at radius 3 is 2.06 bits per heavy atom. The van der Waals surface area contributed by atoms with E-state index in [1.165, 1.54) is 0 Å². The molecule has 0 aliphatic rings. The number of H-pyrrole nitrogens is 1. The lowest BCUT2D eigenvalue weighted by atomic mass is 10.7. The second-order valence-corrected chi connectivity index (χ2v) is 3.76. The second kappa shape index (κ2) is 13.4. The van der Waals surface area contributed by atoms with Gasteiger partial charge in [0.15, 0.2) is 0 Å². The van der Waals surface area contributed by atoms with Crippen molar-refractivity contribution in [1.82, 2.24) is 19.5 Å². The molecule has 2 aromatic rings. The molecule has 0 spiro atoms. The third kappa shape index (κ3) is 11.6. The number of imidazole rings is 2. The largest absolute Gasteiger partial charge is 0.351 e.